The van der Waals surface area contributed by atoms with Crippen LogP contribution in [-0.4, -0.2) is 39.4 Å². The summed E-state index contributed by atoms with van der Waals surface area (Å²) in [6.07, 6.45) is 0.0376. The number of thiophene rings is 1. The fourth-order valence-corrected chi connectivity index (χ4v) is 2.20. The van der Waals surface area contributed by atoms with Crippen LogP contribution in [0.3, 0.4) is 0 Å². The SMILES string of the molecule is COCC(CNCc1cc(C(N)=O)cs1)OC. The monoisotopic (exact) mass is 258 g/mol. The van der Waals surface area contributed by atoms with Gasteiger partial charge in [0.2, 0.25) is 5.91 Å². The first kappa shape index (κ1) is 14.1. The molecule has 0 aliphatic carbocycles. The van der Waals surface area contributed by atoms with E-state index in [1.54, 1.807) is 25.7 Å². The summed E-state index contributed by atoms with van der Waals surface area (Å²) in [6, 6.07) is 1.80. The lowest BCUT2D eigenvalue weighted by atomic mass is 10.3. The average molecular weight is 258 g/mol. The van der Waals surface area contributed by atoms with Crippen LogP contribution < -0.4 is 11.1 Å². The fourth-order valence-electron chi connectivity index (χ4n) is 1.36. The zero-order valence-corrected chi connectivity index (χ0v) is 10.9. The molecule has 17 heavy (non-hydrogen) atoms. The van der Waals surface area contributed by atoms with E-state index in [9.17, 15) is 4.79 Å². The molecule has 1 rings (SSSR count). The van der Waals surface area contributed by atoms with Crippen molar-refractivity contribution in [3.05, 3.63) is 21.9 Å². The number of carbonyl (C=O) groups excluding carboxylic acids is 1. The van der Waals surface area contributed by atoms with Gasteiger partial charge in [0.05, 0.1) is 18.3 Å². The third-order valence-electron chi connectivity index (χ3n) is 2.30. The Morgan fingerprint density at radius 1 is 1.59 bits per heavy atom. The zero-order chi connectivity index (χ0) is 12.7. The van der Waals surface area contributed by atoms with Crippen molar-refractivity contribution >= 4 is 17.2 Å². The first-order chi connectivity index (χ1) is 8.17. The minimum Gasteiger partial charge on any atom is -0.382 e. The summed E-state index contributed by atoms with van der Waals surface area (Å²) < 4.78 is 10.2. The third kappa shape index (κ3) is 4.82. The van der Waals surface area contributed by atoms with Crippen LogP contribution in [0.4, 0.5) is 0 Å². The lowest BCUT2D eigenvalue weighted by Crippen LogP contribution is -2.31. The van der Waals surface area contributed by atoms with Gasteiger partial charge in [-0.2, -0.15) is 0 Å². The summed E-state index contributed by atoms with van der Waals surface area (Å²) in [4.78, 5) is 12.0. The van der Waals surface area contributed by atoms with Gasteiger partial charge in [-0.3, -0.25) is 4.79 Å². The maximum absolute atomic E-state index is 10.9. The first-order valence-electron chi connectivity index (χ1n) is 5.27. The number of amides is 1. The summed E-state index contributed by atoms with van der Waals surface area (Å²) in [5, 5.41) is 5.01. The Morgan fingerprint density at radius 2 is 2.35 bits per heavy atom. The standard InChI is InChI=1S/C11H18N2O3S/c1-15-6-9(16-2)4-13-5-10-3-8(7-17-10)11(12)14/h3,7,9,13H,4-6H2,1-2H3,(H2,12,14). The molecule has 1 heterocycles. The van der Waals surface area contributed by atoms with Crippen LogP contribution in [0.25, 0.3) is 0 Å². The number of primary amides is 1. The van der Waals surface area contributed by atoms with Crippen LogP contribution in [0.1, 0.15) is 15.2 Å². The van der Waals surface area contributed by atoms with E-state index in [0.29, 0.717) is 25.3 Å². The first-order valence-corrected chi connectivity index (χ1v) is 6.15. The highest BCUT2D eigenvalue weighted by molar-refractivity contribution is 7.10. The molecule has 0 aliphatic rings. The van der Waals surface area contributed by atoms with Crippen molar-refractivity contribution in [1.82, 2.24) is 5.32 Å². The predicted molar refractivity (Wildman–Crippen MR) is 67.2 cm³/mol. The van der Waals surface area contributed by atoms with Crippen LogP contribution in [0.5, 0.6) is 0 Å². The van der Waals surface area contributed by atoms with Crippen molar-refractivity contribution < 1.29 is 14.3 Å². The zero-order valence-electron chi connectivity index (χ0n) is 10.1. The van der Waals surface area contributed by atoms with Gasteiger partial charge in [-0.05, 0) is 6.07 Å². The maximum Gasteiger partial charge on any atom is 0.249 e. The summed E-state index contributed by atoms with van der Waals surface area (Å²) in [5.41, 5.74) is 5.74. The Kier molecular flexibility index (Phi) is 6.13. The molecule has 3 N–H and O–H groups in total. The van der Waals surface area contributed by atoms with Gasteiger partial charge in [0.25, 0.3) is 0 Å². The summed E-state index contributed by atoms with van der Waals surface area (Å²) >= 11 is 1.52. The van der Waals surface area contributed by atoms with Crippen molar-refractivity contribution in [2.45, 2.75) is 12.6 Å². The Morgan fingerprint density at radius 3 is 2.88 bits per heavy atom. The molecule has 1 aromatic heterocycles. The smallest absolute Gasteiger partial charge is 0.249 e. The minimum absolute atomic E-state index is 0.0376. The molecule has 1 atom stereocenters. The highest BCUT2D eigenvalue weighted by atomic mass is 32.1. The number of hydrogen-bond donors (Lipinski definition) is 2. The van der Waals surface area contributed by atoms with Crippen LogP contribution >= 0.6 is 11.3 Å². The van der Waals surface area contributed by atoms with Gasteiger partial charge in [-0.25, -0.2) is 0 Å². The van der Waals surface area contributed by atoms with Gasteiger partial charge in [-0.1, -0.05) is 0 Å². The normalized spacial score (nSPS) is 12.6. The van der Waals surface area contributed by atoms with E-state index < -0.39 is 0 Å². The molecule has 0 aliphatic heterocycles. The van der Waals surface area contributed by atoms with E-state index >= 15 is 0 Å². The molecule has 1 aromatic rings. The van der Waals surface area contributed by atoms with E-state index in [4.69, 9.17) is 15.2 Å². The number of carbonyl (C=O) groups is 1. The molecule has 5 nitrogen and oxygen atoms in total. The van der Waals surface area contributed by atoms with Gasteiger partial charge >= 0.3 is 0 Å². The number of nitrogens with one attached hydrogen (secondary N) is 1. The van der Waals surface area contributed by atoms with Gasteiger partial charge in [0, 0.05) is 37.6 Å². The lowest BCUT2D eigenvalue weighted by molar-refractivity contribution is 0.0288. The summed E-state index contributed by atoms with van der Waals surface area (Å²) in [5.74, 6) is -0.387. The van der Waals surface area contributed by atoms with Crippen molar-refractivity contribution in [2.24, 2.45) is 5.73 Å². The van der Waals surface area contributed by atoms with Crippen LogP contribution in [0.2, 0.25) is 0 Å². The Balaban J connectivity index is 2.32. The highest BCUT2D eigenvalue weighted by Gasteiger charge is 2.07. The van der Waals surface area contributed by atoms with Crippen LogP contribution in [0, 0.1) is 0 Å². The maximum atomic E-state index is 10.9. The largest absolute Gasteiger partial charge is 0.382 e. The van der Waals surface area contributed by atoms with Crippen LogP contribution in [-0.2, 0) is 16.0 Å². The van der Waals surface area contributed by atoms with E-state index in [2.05, 4.69) is 5.32 Å². The molecule has 0 saturated heterocycles. The second kappa shape index (κ2) is 7.39. The number of methoxy groups -OCH3 is 2. The molecular formula is C11H18N2O3S. The van der Waals surface area contributed by atoms with Crippen molar-refractivity contribution in [3.8, 4) is 0 Å². The van der Waals surface area contributed by atoms with Gasteiger partial charge in [0.1, 0.15) is 0 Å². The Labute approximate surface area is 105 Å². The number of ether oxygens (including phenoxy) is 2. The average Bonchev–Trinajstić information content (AvgIpc) is 2.77. The molecule has 0 fully saturated rings. The van der Waals surface area contributed by atoms with Gasteiger partial charge in [0.15, 0.2) is 0 Å². The molecule has 0 aromatic carbocycles. The summed E-state index contributed by atoms with van der Waals surface area (Å²) in [6.45, 7) is 1.95. The third-order valence-corrected chi connectivity index (χ3v) is 3.23. The van der Waals surface area contributed by atoms with E-state index in [1.165, 1.54) is 11.3 Å². The van der Waals surface area contributed by atoms with E-state index in [-0.39, 0.29) is 12.0 Å². The van der Waals surface area contributed by atoms with Crippen LogP contribution in [0.15, 0.2) is 11.4 Å². The second-order valence-electron chi connectivity index (χ2n) is 3.61. The number of rotatable bonds is 8. The lowest BCUT2D eigenvalue weighted by Gasteiger charge is -2.14. The molecule has 0 bridgehead atoms. The topological polar surface area (TPSA) is 73.6 Å². The van der Waals surface area contributed by atoms with Gasteiger partial charge in [-0.15, -0.1) is 11.3 Å². The number of hydrogen-bond acceptors (Lipinski definition) is 5. The Hall–Kier alpha value is -0.950. The van der Waals surface area contributed by atoms with E-state index in [1.807, 2.05) is 0 Å². The Bertz CT molecular complexity index is 354. The minimum atomic E-state index is -0.387. The predicted octanol–water partition coefficient (Wildman–Crippen LogP) is 0.598. The quantitative estimate of drug-likeness (QED) is 0.716. The molecule has 0 saturated carbocycles. The van der Waals surface area contributed by atoms with Crippen molar-refractivity contribution in [3.63, 3.8) is 0 Å². The molecule has 0 spiro atoms. The highest BCUT2D eigenvalue weighted by Crippen LogP contribution is 2.13. The number of nitrogens with two attached hydrogens (primary N) is 1. The van der Waals surface area contributed by atoms with E-state index in [0.717, 1.165) is 4.88 Å². The summed E-state index contributed by atoms with van der Waals surface area (Å²) in [7, 11) is 3.30. The molecular weight excluding hydrogens is 240 g/mol. The molecule has 1 amide bonds. The van der Waals surface area contributed by atoms with Crippen molar-refractivity contribution in [1.29, 1.82) is 0 Å². The second-order valence-corrected chi connectivity index (χ2v) is 4.61. The molecule has 6 heteroatoms. The molecule has 1 unspecified atom stereocenters. The molecule has 0 radical (unpaired) electrons. The van der Waals surface area contributed by atoms with Crippen molar-refractivity contribution in [2.75, 3.05) is 27.4 Å². The fraction of sp³-hybridized carbons (Fsp3) is 0.545. The molecule has 96 valence electrons. The van der Waals surface area contributed by atoms with Gasteiger partial charge < -0.3 is 20.5 Å².